The lowest BCUT2D eigenvalue weighted by molar-refractivity contribution is -0.281. The summed E-state index contributed by atoms with van der Waals surface area (Å²) in [7, 11) is 0. The zero-order valence-corrected chi connectivity index (χ0v) is 11.1. The number of aliphatic hydroxyl groups excluding tert-OH is 1. The number of ether oxygens (including phenoxy) is 2. The maximum Gasteiger partial charge on any atom is 0.176 e. The highest BCUT2D eigenvalue weighted by molar-refractivity contribution is 5.06. The Labute approximate surface area is 109 Å². The second kappa shape index (κ2) is 5.55. The summed E-state index contributed by atoms with van der Waals surface area (Å²) in [5.41, 5.74) is -0.363. The number of hydrogen-bond acceptors (Lipinski definition) is 3. The van der Waals surface area contributed by atoms with Gasteiger partial charge in [0.05, 0.1) is 24.7 Å². The van der Waals surface area contributed by atoms with Gasteiger partial charge in [-0.15, -0.1) is 13.2 Å². The molecule has 0 amide bonds. The van der Waals surface area contributed by atoms with Crippen molar-refractivity contribution in [2.45, 2.75) is 50.4 Å². The highest BCUT2D eigenvalue weighted by Crippen LogP contribution is 2.54. The van der Waals surface area contributed by atoms with Crippen molar-refractivity contribution in [2.24, 2.45) is 5.41 Å². The Hall–Kier alpha value is -0.640. The second-order valence-corrected chi connectivity index (χ2v) is 5.35. The number of hydrogen-bond donors (Lipinski definition) is 1. The molecule has 0 bridgehead atoms. The average Bonchev–Trinajstić information content (AvgIpc) is 2.83. The first-order chi connectivity index (χ1) is 8.71. The van der Waals surface area contributed by atoms with Crippen LogP contribution in [-0.4, -0.2) is 30.2 Å². The molecule has 3 heteroatoms. The number of rotatable bonds is 5. The summed E-state index contributed by atoms with van der Waals surface area (Å²) in [6, 6.07) is 0. The van der Waals surface area contributed by atoms with Gasteiger partial charge in [0, 0.05) is 6.42 Å². The average molecular weight is 252 g/mol. The van der Waals surface area contributed by atoms with Gasteiger partial charge in [-0.3, -0.25) is 0 Å². The van der Waals surface area contributed by atoms with Crippen LogP contribution in [0.5, 0.6) is 0 Å². The Morgan fingerprint density at radius 1 is 1.11 bits per heavy atom. The summed E-state index contributed by atoms with van der Waals surface area (Å²) in [6.45, 7) is 8.83. The van der Waals surface area contributed by atoms with Gasteiger partial charge >= 0.3 is 0 Å². The van der Waals surface area contributed by atoms with Crippen LogP contribution < -0.4 is 0 Å². The highest BCUT2D eigenvalue weighted by atomic mass is 16.7. The molecule has 18 heavy (non-hydrogen) atoms. The maximum atomic E-state index is 10.6. The largest absolute Gasteiger partial charge is 0.392 e. The Morgan fingerprint density at radius 3 is 2.39 bits per heavy atom. The van der Waals surface area contributed by atoms with E-state index in [2.05, 4.69) is 13.2 Å². The van der Waals surface area contributed by atoms with Gasteiger partial charge < -0.3 is 14.6 Å². The second-order valence-electron chi connectivity index (χ2n) is 5.35. The monoisotopic (exact) mass is 252 g/mol. The van der Waals surface area contributed by atoms with Gasteiger partial charge in [0.2, 0.25) is 0 Å². The molecule has 102 valence electrons. The lowest BCUT2D eigenvalue weighted by atomic mass is 9.63. The minimum absolute atomic E-state index is 0.363. The van der Waals surface area contributed by atoms with E-state index in [1.807, 2.05) is 6.08 Å². The quantitative estimate of drug-likeness (QED) is 0.765. The molecule has 2 atom stereocenters. The van der Waals surface area contributed by atoms with Crippen LogP contribution >= 0.6 is 0 Å². The molecule has 1 saturated heterocycles. The van der Waals surface area contributed by atoms with Crippen LogP contribution in [0.2, 0.25) is 0 Å². The molecular weight excluding hydrogens is 228 g/mol. The third-order valence-electron chi connectivity index (χ3n) is 4.43. The van der Waals surface area contributed by atoms with Crippen molar-refractivity contribution in [2.75, 3.05) is 13.2 Å². The van der Waals surface area contributed by atoms with E-state index >= 15 is 0 Å². The van der Waals surface area contributed by atoms with Crippen molar-refractivity contribution in [3.05, 3.63) is 25.3 Å². The summed E-state index contributed by atoms with van der Waals surface area (Å²) < 4.78 is 11.9. The third-order valence-corrected chi connectivity index (χ3v) is 4.43. The van der Waals surface area contributed by atoms with E-state index in [1.54, 1.807) is 6.08 Å². The molecule has 2 rings (SSSR count). The molecule has 0 unspecified atom stereocenters. The zero-order chi connectivity index (χ0) is 13.1. The van der Waals surface area contributed by atoms with Crippen LogP contribution in [0.3, 0.4) is 0 Å². The van der Waals surface area contributed by atoms with Gasteiger partial charge in [0.25, 0.3) is 0 Å². The number of aliphatic hydroxyl groups is 1. The van der Waals surface area contributed by atoms with E-state index in [0.717, 1.165) is 32.1 Å². The van der Waals surface area contributed by atoms with E-state index in [0.29, 0.717) is 19.6 Å². The van der Waals surface area contributed by atoms with E-state index in [-0.39, 0.29) is 5.41 Å². The van der Waals surface area contributed by atoms with E-state index in [9.17, 15) is 5.11 Å². The fraction of sp³-hybridized carbons (Fsp3) is 0.733. The van der Waals surface area contributed by atoms with Crippen LogP contribution in [0.25, 0.3) is 0 Å². The lowest BCUT2D eigenvalue weighted by Crippen LogP contribution is -2.57. The Kier molecular flexibility index (Phi) is 4.25. The molecule has 1 saturated carbocycles. The van der Waals surface area contributed by atoms with Gasteiger partial charge in [0.15, 0.2) is 5.79 Å². The van der Waals surface area contributed by atoms with Gasteiger partial charge in [0.1, 0.15) is 0 Å². The smallest absolute Gasteiger partial charge is 0.176 e. The SMILES string of the molecule is C=CC[C@@H](O)[C@@]1(CC=C)CCCCC12OCCO2. The topological polar surface area (TPSA) is 38.7 Å². The van der Waals surface area contributed by atoms with Crippen molar-refractivity contribution in [3.63, 3.8) is 0 Å². The van der Waals surface area contributed by atoms with E-state index < -0.39 is 11.9 Å². The normalized spacial score (nSPS) is 32.3. The van der Waals surface area contributed by atoms with Crippen molar-refractivity contribution in [1.82, 2.24) is 0 Å². The van der Waals surface area contributed by atoms with Crippen LogP contribution in [0, 0.1) is 5.41 Å². The molecule has 3 nitrogen and oxygen atoms in total. The predicted molar refractivity (Wildman–Crippen MR) is 71.2 cm³/mol. The fourth-order valence-electron chi connectivity index (χ4n) is 3.58. The zero-order valence-electron chi connectivity index (χ0n) is 11.1. The lowest BCUT2D eigenvalue weighted by Gasteiger charge is -2.52. The van der Waals surface area contributed by atoms with E-state index in [1.165, 1.54) is 0 Å². The van der Waals surface area contributed by atoms with Crippen LogP contribution in [0.4, 0.5) is 0 Å². The maximum absolute atomic E-state index is 10.6. The fourth-order valence-corrected chi connectivity index (χ4v) is 3.58. The molecule has 0 aromatic rings. The van der Waals surface area contributed by atoms with Crippen LogP contribution in [0.1, 0.15) is 38.5 Å². The summed E-state index contributed by atoms with van der Waals surface area (Å²) in [5.74, 6) is -0.609. The van der Waals surface area contributed by atoms with Crippen molar-refractivity contribution in [1.29, 1.82) is 0 Å². The molecule has 1 heterocycles. The van der Waals surface area contributed by atoms with Gasteiger partial charge in [-0.1, -0.05) is 18.6 Å². The molecule has 2 aliphatic rings. The highest BCUT2D eigenvalue weighted by Gasteiger charge is 2.59. The molecule has 1 aliphatic heterocycles. The van der Waals surface area contributed by atoms with Crippen molar-refractivity contribution >= 4 is 0 Å². The Bertz CT molecular complexity index is 307. The first-order valence-electron chi connectivity index (χ1n) is 6.88. The molecule has 0 aromatic heterocycles. The molecule has 1 aliphatic carbocycles. The molecule has 2 fully saturated rings. The van der Waals surface area contributed by atoms with Crippen molar-refractivity contribution < 1.29 is 14.6 Å². The molecular formula is C15H24O3. The van der Waals surface area contributed by atoms with Crippen molar-refractivity contribution in [3.8, 4) is 0 Å². The first kappa shape index (κ1) is 13.8. The third kappa shape index (κ3) is 2.04. The molecule has 0 aromatic carbocycles. The minimum atomic E-state index is -0.609. The summed E-state index contributed by atoms with van der Waals surface area (Å²) in [6.07, 6.45) is 8.47. The van der Waals surface area contributed by atoms with Crippen LogP contribution in [-0.2, 0) is 9.47 Å². The van der Waals surface area contributed by atoms with Gasteiger partial charge in [-0.2, -0.15) is 0 Å². The molecule has 1 N–H and O–H groups in total. The summed E-state index contributed by atoms with van der Waals surface area (Å²) in [4.78, 5) is 0. The standard InChI is InChI=1S/C15H24O3/c1-3-7-13(16)14(8-4-2)9-5-6-10-15(14)17-11-12-18-15/h3-4,13,16H,1-2,5-12H2/t13-,14-/m1/s1. The summed E-state index contributed by atoms with van der Waals surface area (Å²) >= 11 is 0. The molecule has 0 radical (unpaired) electrons. The van der Waals surface area contributed by atoms with E-state index in [4.69, 9.17) is 9.47 Å². The first-order valence-corrected chi connectivity index (χ1v) is 6.88. The predicted octanol–water partition coefficient (Wildman–Crippen LogP) is 2.80. The Balaban J connectivity index is 2.33. The number of allylic oxidation sites excluding steroid dienone is 1. The van der Waals surface area contributed by atoms with Gasteiger partial charge in [-0.25, -0.2) is 0 Å². The summed E-state index contributed by atoms with van der Waals surface area (Å²) in [5, 5.41) is 10.6. The van der Waals surface area contributed by atoms with Gasteiger partial charge in [-0.05, 0) is 25.7 Å². The minimum Gasteiger partial charge on any atom is -0.392 e. The Morgan fingerprint density at radius 2 is 1.78 bits per heavy atom. The van der Waals surface area contributed by atoms with Crippen LogP contribution in [0.15, 0.2) is 25.3 Å². The molecule has 1 spiro atoms.